The molecule has 2 saturated heterocycles. The van der Waals surface area contributed by atoms with Crippen LogP contribution in [0.5, 0.6) is 5.75 Å². The molecule has 1 aromatic carbocycles. The summed E-state index contributed by atoms with van der Waals surface area (Å²) < 4.78 is 16.6. The first-order chi connectivity index (χ1) is 15.9. The molecule has 0 saturated carbocycles. The molecular weight excluding hydrogens is 442 g/mol. The van der Waals surface area contributed by atoms with E-state index in [1.165, 1.54) is 5.69 Å². The van der Waals surface area contributed by atoms with Gasteiger partial charge in [0, 0.05) is 43.2 Å². The largest absolute Gasteiger partial charge is 0.528 e. The third-order valence-electron chi connectivity index (χ3n) is 5.57. The maximum absolute atomic E-state index is 11.9. The summed E-state index contributed by atoms with van der Waals surface area (Å²) in [5.41, 5.74) is 1.59. The summed E-state index contributed by atoms with van der Waals surface area (Å²) in [4.78, 5) is 24.3. The highest BCUT2D eigenvalue weighted by molar-refractivity contribution is 7.09. The summed E-state index contributed by atoms with van der Waals surface area (Å²) in [6, 6.07) is 8.22. The van der Waals surface area contributed by atoms with Crippen molar-refractivity contribution in [2.24, 2.45) is 0 Å². The molecule has 0 aliphatic carbocycles. The van der Waals surface area contributed by atoms with Gasteiger partial charge in [-0.15, -0.1) is 16.4 Å². The van der Waals surface area contributed by atoms with Gasteiger partial charge >= 0.3 is 6.16 Å². The number of aromatic nitrogens is 1. The fourth-order valence-electron chi connectivity index (χ4n) is 3.88. The number of benzene rings is 1. The first kappa shape index (κ1) is 23.8. The van der Waals surface area contributed by atoms with Gasteiger partial charge in [-0.1, -0.05) is 0 Å². The third-order valence-corrected chi connectivity index (χ3v) is 6.62. The number of morpholine rings is 1. The van der Waals surface area contributed by atoms with Crippen LogP contribution >= 0.6 is 11.3 Å². The molecule has 0 atom stereocenters. The van der Waals surface area contributed by atoms with E-state index in [0.29, 0.717) is 25.6 Å². The summed E-state index contributed by atoms with van der Waals surface area (Å²) in [5, 5.41) is 4.87. The molecule has 4 rings (SSSR count). The molecule has 0 N–H and O–H groups in total. The van der Waals surface area contributed by atoms with Crippen LogP contribution in [0, 0.1) is 0 Å². The maximum Gasteiger partial charge on any atom is 0.528 e. The molecule has 0 bridgehead atoms. The summed E-state index contributed by atoms with van der Waals surface area (Å²) in [6.45, 7) is 10.7. The Morgan fingerprint density at radius 1 is 1.12 bits per heavy atom. The average molecular weight is 476 g/mol. The van der Waals surface area contributed by atoms with E-state index < -0.39 is 11.8 Å². The van der Waals surface area contributed by atoms with Crippen molar-refractivity contribution < 1.29 is 23.8 Å². The van der Waals surface area contributed by atoms with Gasteiger partial charge in [-0.25, -0.2) is 9.78 Å². The van der Waals surface area contributed by atoms with Gasteiger partial charge in [0.1, 0.15) is 18.0 Å². The summed E-state index contributed by atoms with van der Waals surface area (Å²) in [5.74, 6) is 1.21. The predicted molar refractivity (Wildman–Crippen MR) is 127 cm³/mol. The number of anilines is 1. The first-order valence-corrected chi connectivity index (χ1v) is 12.4. The second-order valence-corrected chi connectivity index (χ2v) is 10.2. The van der Waals surface area contributed by atoms with Gasteiger partial charge in [0.05, 0.1) is 23.9 Å². The summed E-state index contributed by atoms with van der Waals surface area (Å²) in [7, 11) is 0. The Hall–Kier alpha value is -2.36. The lowest BCUT2D eigenvalue weighted by Gasteiger charge is -2.30. The maximum atomic E-state index is 11.9. The Kier molecular flexibility index (Phi) is 7.72. The standard InChI is InChI=1S/C24H33N3O5S/c1-24(2,3)31-23(28)32-27-10-8-18(9-11-27)22-25-19(17-33-22)16-30-21-6-4-20(5-7-21)26-12-14-29-15-13-26/h4-7,17-18H,8-16H2,1-3H3. The minimum absolute atomic E-state index is 0.370. The van der Waals surface area contributed by atoms with Crippen molar-refractivity contribution >= 4 is 23.2 Å². The van der Waals surface area contributed by atoms with Gasteiger partial charge in [-0.2, -0.15) is 0 Å². The van der Waals surface area contributed by atoms with E-state index in [9.17, 15) is 4.79 Å². The molecular formula is C24H33N3O5S. The Morgan fingerprint density at radius 3 is 2.48 bits per heavy atom. The van der Waals surface area contributed by atoms with Crippen molar-refractivity contribution in [1.82, 2.24) is 10.0 Å². The van der Waals surface area contributed by atoms with Crippen molar-refractivity contribution in [1.29, 1.82) is 0 Å². The molecule has 0 radical (unpaired) electrons. The number of hydrogen-bond acceptors (Lipinski definition) is 9. The van der Waals surface area contributed by atoms with Crippen molar-refractivity contribution in [3.8, 4) is 5.75 Å². The van der Waals surface area contributed by atoms with Gasteiger partial charge < -0.3 is 23.9 Å². The smallest absolute Gasteiger partial charge is 0.487 e. The molecule has 0 spiro atoms. The van der Waals surface area contributed by atoms with Crippen LogP contribution in [0.4, 0.5) is 10.5 Å². The van der Waals surface area contributed by atoms with Crippen LogP contribution in [0.3, 0.4) is 0 Å². The van der Waals surface area contributed by atoms with E-state index in [1.54, 1.807) is 16.4 Å². The SMILES string of the molecule is CC(C)(C)OC(=O)ON1CCC(c2nc(COc3ccc(N4CCOCC4)cc3)cs2)CC1. The molecule has 3 heterocycles. The van der Waals surface area contributed by atoms with Crippen molar-refractivity contribution in [2.45, 2.75) is 51.7 Å². The zero-order valence-electron chi connectivity index (χ0n) is 19.6. The molecule has 9 heteroatoms. The van der Waals surface area contributed by atoms with Crippen LogP contribution < -0.4 is 9.64 Å². The van der Waals surface area contributed by atoms with E-state index >= 15 is 0 Å². The molecule has 0 amide bonds. The topological polar surface area (TPSA) is 73.4 Å². The normalized spacial score (nSPS) is 18.2. The minimum atomic E-state index is -0.646. The van der Waals surface area contributed by atoms with Crippen molar-refractivity contribution in [3.63, 3.8) is 0 Å². The van der Waals surface area contributed by atoms with Crippen LogP contribution in [-0.4, -0.2) is 61.2 Å². The number of hydroxylamine groups is 2. The van der Waals surface area contributed by atoms with Gasteiger partial charge in [0.15, 0.2) is 0 Å². The second kappa shape index (κ2) is 10.7. The van der Waals surface area contributed by atoms with Crippen LogP contribution in [0.1, 0.15) is 50.2 Å². The molecule has 1 aromatic heterocycles. The van der Waals surface area contributed by atoms with Crippen LogP contribution in [0.25, 0.3) is 0 Å². The number of carbonyl (C=O) groups excluding carboxylic acids is 1. The number of nitrogens with zero attached hydrogens (tertiary/aromatic N) is 3. The quantitative estimate of drug-likeness (QED) is 0.561. The number of piperidine rings is 1. The molecule has 2 aliphatic heterocycles. The number of carbonyl (C=O) groups is 1. The third kappa shape index (κ3) is 7.06. The Labute approximate surface area is 199 Å². The van der Waals surface area contributed by atoms with Crippen LogP contribution in [-0.2, 0) is 20.9 Å². The zero-order chi connectivity index (χ0) is 23.3. The van der Waals surface area contributed by atoms with Crippen LogP contribution in [0.15, 0.2) is 29.6 Å². The minimum Gasteiger partial charge on any atom is -0.487 e. The molecule has 2 aliphatic rings. The van der Waals surface area contributed by atoms with E-state index in [2.05, 4.69) is 22.4 Å². The van der Waals surface area contributed by atoms with Gasteiger partial charge in [-0.05, 0) is 57.9 Å². The lowest BCUT2D eigenvalue weighted by molar-refractivity contribution is -0.152. The number of hydrogen-bond donors (Lipinski definition) is 0. The van der Waals surface area contributed by atoms with E-state index in [4.69, 9.17) is 24.0 Å². The fraction of sp³-hybridized carbons (Fsp3) is 0.583. The highest BCUT2D eigenvalue weighted by Crippen LogP contribution is 2.31. The second-order valence-electron chi connectivity index (χ2n) is 9.32. The van der Waals surface area contributed by atoms with Crippen molar-refractivity contribution in [3.05, 3.63) is 40.3 Å². The number of rotatable bonds is 6. The van der Waals surface area contributed by atoms with Crippen LogP contribution in [0.2, 0.25) is 0 Å². The molecule has 180 valence electrons. The summed E-state index contributed by atoms with van der Waals surface area (Å²) in [6.07, 6.45) is 1.13. The van der Waals surface area contributed by atoms with Gasteiger partial charge in [0.2, 0.25) is 0 Å². The highest BCUT2D eigenvalue weighted by Gasteiger charge is 2.27. The lowest BCUT2D eigenvalue weighted by Crippen LogP contribution is -2.37. The Morgan fingerprint density at radius 2 is 1.82 bits per heavy atom. The fourth-order valence-corrected chi connectivity index (χ4v) is 4.85. The summed E-state index contributed by atoms with van der Waals surface area (Å²) >= 11 is 1.67. The average Bonchev–Trinajstić information content (AvgIpc) is 3.27. The number of ether oxygens (including phenoxy) is 3. The molecule has 0 unspecified atom stereocenters. The van der Waals surface area contributed by atoms with Gasteiger partial charge in [-0.3, -0.25) is 0 Å². The van der Waals surface area contributed by atoms with E-state index in [0.717, 1.165) is 55.6 Å². The lowest BCUT2D eigenvalue weighted by atomic mass is 9.99. The predicted octanol–water partition coefficient (Wildman–Crippen LogP) is 4.60. The molecule has 33 heavy (non-hydrogen) atoms. The monoisotopic (exact) mass is 475 g/mol. The van der Waals surface area contributed by atoms with Gasteiger partial charge in [0.25, 0.3) is 0 Å². The molecule has 8 nitrogen and oxygen atoms in total. The Balaban J connectivity index is 1.21. The van der Waals surface area contributed by atoms with Crippen molar-refractivity contribution in [2.75, 3.05) is 44.3 Å². The first-order valence-electron chi connectivity index (χ1n) is 11.5. The molecule has 2 aromatic rings. The Bertz CT molecular complexity index is 898. The van der Waals surface area contributed by atoms with E-state index in [-0.39, 0.29) is 0 Å². The highest BCUT2D eigenvalue weighted by atomic mass is 32.1. The molecule has 2 fully saturated rings. The van der Waals surface area contributed by atoms with E-state index in [1.807, 2.05) is 32.9 Å². The number of thiazole rings is 1. The zero-order valence-corrected chi connectivity index (χ0v) is 20.4.